The van der Waals surface area contributed by atoms with Crippen LogP contribution in [0, 0.1) is 0 Å². The van der Waals surface area contributed by atoms with Crippen LogP contribution >= 0.6 is 0 Å². The minimum Gasteiger partial charge on any atom is -0.360 e. The summed E-state index contributed by atoms with van der Waals surface area (Å²) in [5.74, 6) is 0.590. The van der Waals surface area contributed by atoms with Gasteiger partial charge in [-0.3, -0.25) is 10.4 Å². The summed E-state index contributed by atoms with van der Waals surface area (Å²) in [6.45, 7) is 2.16. The molecule has 0 spiro atoms. The van der Waals surface area contributed by atoms with Crippen LogP contribution in [0.15, 0.2) is 18.1 Å². The summed E-state index contributed by atoms with van der Waals surface area (Å²) in [5, 5.41) is 10.5. The minimum atomic E-state index is -0.170. The van der Waals surface area contributed by atoms with Crippen LogP contribution in [0.4, 0.5) is 10.2 Å². The molecule has 0 bridgehead atoms. The van der Waals surface area contributed by atoms with Crippen molar-refractivity contribution in [2.45, 2.75) is 19.1 Å². The highest BCUT2D eigenvalue weighted by atomic mass is 19.1. The smallest absolute Gasteiger partial charge is 0.158 e. The lowest BCUT2D eigenvalue weighted by Gasteiger charge is -2.27. The molecule has 0 amide bonds. The van der Waals surface area contributed by atoms with Crippen LogP contribution in [-0.4, -0.2) is 48.8 Å². The molecule has 1 aliphatic rings. The Morgan fingerprint density at radius 1 is 1.62 bits per heavy atom. The molecule has 2 rings (SSSR count). The molecule has 0 fully saturated rings. The van der Waals surface area contributed by atoms with E-state index in [1.165, 1.54) is 0 Å². The molecule has 1 aliphatic heterocycles. The van der Waals surface area contributed by atoms with E-state index in [9.17, 15) is 4.39 Å². The van der Waals surface area contributed by atoms with Crippen molar-refractivity contribution in [3.05, 3.63) is 29.4 Å². The number of halogens is 1. The van der Waals surface area contributed by atoms with E-state index in [0.29, 0.717) is 0 Å². The largest absolute Gasteiger partial charge is 0.360 e. The molecule has 0 aliphatic carbocycles. The van der Waals surface area contributed by atoms with Crippen molar-refractivity contribution >= 4 is 11.9 Å². The Balaban J connectivity index is 2.33. The molecule has 21 heavy (non-hydrogen) atoms. The first-order valence-corrected chi connectivity index (χ1v) is 6.92. The average Bonchev–Trinajstić information content (AvgIpc) is 2.81. The first kappa shape index (κ1) is 15.5. The lowest BCUT2D eigenvalue weighted by Crippen LogP contribution is -2.32. The molecule has 2 atom stereocenters. The van der Waals surface area contributed by atoms with Crippen molar-refractivity contribution in [1.29, 1.82) is 0 Å². The predicted octanol–water partition coefficient (Wildman–Crippen LogP) is 1.18. The van der Waals surface area contributed by atoms with Crippen LogP contribution < -0.4 is 16.0 Å². The van der Waals surface area contributed by atoms with Gasteiger partial charge in [-0.05, 0) is 26.2 Å². The van der Waals surface area contributed by atoms with Crippen molar-refractivity contribution in [2.24, 2.45) is 5.73 Å². The first-order chi connectivity index (χ1) is 9.93. The molecule has 6 nitrogen and oxygen atoms in total. The van der Waals surface area contributed by atoms with Crippen LogP contribution in [0.1, 0.15) is 24.3 Å². The fraction of sp³-hybridized carbons (Fsp3) is 0.500. The fourth-order valence-corrected chi connectivity index (χ4v) is 2.41. The number of fused-ring (bicyclic) bond motifs is 1. The quantitative estimate of drug-likeness (QED) is 0.711. The lowest BCUT2D eigenvalue weighted by atomic mass is 10.1. The number of aromatic amines is 1. The average molecular weight is 294 g/mol. The van der Waals surface area contributed by atoms with Crippen molar-refractivity contribution in [1.82, 2.24) is 20.4 Å². The van der Waals surface area contributed by atoms with Crippen molar-refractivity contribution in [3.8, 4) is 0 Å². The third-order valence-corrected chi connectivity index (χ3v) is 3.44. The summed E-state index contributed by atoms with van der Waals surface area (Å²) in [5.41, 5.74) is 7.33. The lowest BCUT2D eigenvalue weighted by molar-refractivity contribution is 0.290. The van der Waals surface area contributed by atoms with E-state index >= 15 is 0 Å². The third-order valence-electron chi connectivity index (χ3n) is 3.44. The van der Waals surface area contributed by atoms with Crippen LogP contribution in [-0.2, 0) is 0 Å². The van der Waals surface area contributed by atoms with E-state index in [1.807, 2.05) is 45.2 Å². The van der Waals surface area contributed by atoms with Gasteiger partial charge in [0.2, 0.25) is 0 Å². The zero-order valence-electron chi connectivity index (χ0n) is 12.9. The maximum atomic E-state index is 13.7. The Hall–Kier alpha value is -1.86. The van der Waals surface area contributed by atoms with E-state index in [2.05, 4.69) is 15.5 Å². The summed E-state index contributed by atoms with van der Waals surface area (Å²) >= 11 is 0. The molecule has 1 aromatic rings. The Labute approximate surface area is 124 Å². The third kappa shape index (κ3) is 3.25. The van der Waals surface area contributed by atoms with Gasteiger partial charge in [-0.25, -0.2) is 4.39 Å². The number of nitrogens with one attached hydrogen (secondary N) is 2. The fourth-order valence-electron chi connectivity index (χ4n) is 2.41. The number of hydrogen-bond donors (Lipinski definition) is 3. The highest BCUT2D eigenvalue weighted by Crippen LogP contribution is 2.32. The Bertz CT molecular complexity index is 548. The molecule has 1 aromatic heterocycles. The number of aromatic nitrogens is 2. The van der Waals surface area contributed by atoms with Crippen molar-refractivity contribution in [2.75, 3.05) is 32.6 Å². The van der Waals surface area contributed by atoms with Gasteiger partial charge in [-0.1, -0.05) is 6.08 Å². The summed E-state index contributed by atoms with van der Waals surface area (Å²) in [6, 6.07) is -0.0240. The topological polar surface area (TPSA) is 73.2 Å². The molecule has 0 saturated carbocycles. The highest BCUT2D eigenvalue weighted by molar-refractivity contribution is 5.71. The van der Waals surface area contributed by atoms with E-state index in [4.69, 9.17) is 5.73 Å². The van der Waals surface area contributed by atoms with Crippen LogP contribution in [0.3, 0.4) is 0 Å². The zero-order chi connectivity index (χ0) is 15.6. The SMILES string of the molecule is CNC(c1[nH]nc2c1C=C(F)CN2C)N(C)C=CC(C)N. The first-order valence-electron chi connectivity index (χ1n) is 6.92. The van der Waals surface area contributed by atoms with E-state index in [0.717, 1.165) is 17.1 Å². The van der Waals surface area contributed by atoms with Gasteiger partial charge in [0.15, 0.2) is 5.82 Å². The van der Waals surface area contributed by atoms with Gasteiger partial charge in [-0.15, -0.1) is 0 Å². The van der Waals surface area contributed by atoms with Gasteiger partial charge in [0.05, 0.1) is 12.2 Å². The van der Waals surface area contributed by atoms with Gasteiger partial charge < -0.3 is 15.5 Å². The van der Waals surface area contributed by atoms with E-state index < -0.39 is 0 Å². The van der Waals surface area contributed by atoms with E-state index in [1.54, 1.807) is 11.0 Å². The zero-order valence-corrected chi connectivity index (χ0v) is 12.9. The molecular formula is C14H23FN6. The maximum absolute atomic E-state index is 13.7. The van der Waals surface area contributed by atoms with Crippen molar-refractivity contribution in [3.63, 3.8) is 0 Å². The van der Waals surface area contributed by atoms with Gasteiger partial charge in [-0.2, -0.15) is 5.10 Å². The monoisotopic (exact) mass is 294 g/mol. The second-order valence-electron chi connectivity index (χ2n) is 5.38. The number of H-pyrrole nitrogens is 1. The molecule has 0 radical (unpaired) electrons. The Morgan fingerprint density at radius 3 is 2.95 bits per heavy atom. The predicted molar refractivity (Wildman–Crippen MR) is 83.3 cm³/mol. The van der Waals surface area contributed by atoms with Gasteiger partial charge in [0.1, 0.15) is 12.0 Å². The minimum absolute atomic E-state index is 0.0240. The van der Waals surface area contributed by atoms with Crippen molar-refractivity contribution < 1.29 is 4.39 Å². The number of nitrogens with zero attached hydrogens (tertiary/aromatic N) is 3. The summed E-state index contributed by atoms with van der Waals surface area (Å²) in [6.07, 6.45) is 5.20. The Kier molecular flexibility index (Phi) is 4.64. The molecular weight excluding hydrogens is 271 g/mol. The number of anilines is 1. The normalized spacial score (nSPS) is 17.6. The summed E-state index contributed by atoms with van der Waals surface area (Å²) in [4.78, 5) is 3.76. The van der Waals surface area contributed by atoms with Gasteiger partial charge in [0.25, 0.3) is 0 Å². The van der Waals surface area contributed by atoms with Crippen LogP contribution in [0.2, 0.25) is 0 Å². The number of hydrogen-bond acceptors (Lipinski definition) is 5. The highest BCUT2D eigenvalue weighted by Gasteiger charge is 2.26. The summed E-state index contributed by atoms with van der Waals surface area (Å²) in [7, 11) is 5.60. The molecule has 0 aromatic carbocycles. The van der Waals surface area contributed by atoms with Crippen LogP contribution in [0.5, 0.6) is 0 Å². The molecule has 116 valence electrons. The molecule has 2 unspecified atom stereocenters. The second-order valence-corrected chi connectivity index (χ2v) is 5.38. The summed E-state index contributed by atoms with van der Waals surface area (Å²) < 4.78 is 13.7. The standard InChI is InChI=1S/C14H23FN6/c1-9(16)5-6-20(3)14(17-2)12-11-7-10(15)8-21(4)13(11)19-18-12/h5-7,9,14,17H,8,16H2,1-4H3,(H,18,19). The Morgan fingerprint density at radius 2 is 2.33 bits per heavy atom. The second kappa shape index (κ2) is 6.28. The van der Waals surface area contributed by atoms with E-state index in [-0.39, 0.29) is 24.6 Å². The van der Waals surface area contributed by atoms with Gasteiger partial charge in [0, 0.05) is 25.7 Å². The van der Waals surface area contributed by atoms with Gasteiger partial charge >= 0.3 is 0 Å². The number of rotatable bonds is 5. The maximum Gasteiger partial charge on any atom is 0.158 e. The van der Waals surface area contributed by atoms with Crippen LogP contribution in [0.25, 0.3) is 6.08 Å². The number of likely N-dealkylation sites (N-methyl/N-ethyl adjacent to an activating group) is 1. The molecule has 4 N–H and O–H groups in total. The molecule has 2 heterocycles. The molecule has 0 saturated heterocycles. The number of nitrogens with two attached hydrogens (primary N) is 1. The molecule has 7 heteroatoms.